The number of nitrogens with one attached hydrogen (secondary N) is 1. The molecule has 0 aliphatic rings. The van der Waals surface area contributed by atoms with Gasteiger partial charge in [0.05, 0.1) is 10.6 Å². The zero-order valence-electron chi connectivity index (χ0n) is 11.5. The van der Waals surface area contributed by atoms with E-state index in [1.807, 2.05) is 22.6 Å². The smallest absolute Gasteiger partial charge is 0.262 e. The molecule has 1 heterocycles. The molecule has 0 spiro atoms. The molecule has 0 aliphatic carbocycles. The number of halogens is 2. The monoisotopic (exact) mass is 444 g/mol. The first-order chi connectivity index (χ1) is 10.9. The number of sulfonamides is 1. The Kier molecular flexibility index (Phi) is 4.11. The maximum absolute atomic E-state index is 13.9. The lowest BCUT2D eigenvalue weighted by molar-refractivity contribution is 0.475. The van der Waals surface area contributed by atoms with Gasteiger partial charge in [-0.2, -0.15) is 0 Å². The van der Waals surface area contributed by atoms with Crippen LogP contribution in [-0.2, 0) is 10.0 Å². The zero-order chi connectivity index (χ0) is 16.6. The zero-order valence-corrected chi connectivity index (χ0v) is 14.5. The number of pyridine rings is 1. The fourth-order valence-electron chi connectivity index (χ4n) is 2.15. The van der Waals surface area contributed by atoms with Crippen LogP contribution in [0.25, 0.3) is 10.9 Å². The van der Waals surface area contributed by atoms with Gasteiger partial charge in [0, 0.05) is 21.2 Å². The number of hydrogen-bond donors (Lipinski definition) is 2. The number of rotatable bonds is 3. The predicted molar refractivity (Wildman–Crippen MR) is 93.3 cm³/mol. The SMILES string of the molecule is O=S(=O)(Nc1cccc(O)c1)c1ccc(F)c2ncc(I)cc12. The summed E-state index contributed by atoms with van der Waals surface area (Å²) in [6.45, 7) is 0. The van der Waals surface area contributed by atoms with Crippen molar-refractivity contribution in [2.45, 2.75) is 4.90 Å². The van der Waals surface area contributed by atoms with Crippen molar-refractivity contribution in [1.82, 2.24) is 4.98 Å². The van der Waals surface area contributed by atoms with Crippen LogP contribution in [0, 0.1) is 9.39 Å². The summed E-state index contributed by atoms with van der Waals surface area (Å²) in [5, 5.41) is 9.63. The lowest BCUT2D eigenvalue weighted by atomic mass is 10.2. The van der Waals surface area contributed by atoms with E-state index in [0.717, 1.165) is 6.07 Å². The van der Waals surface area contributed by atoms with E-state index in [2.05, 4.69) is 9.71 Å². The van der Waals surface area contributed by atoms with E-state index in [4.69, 9.17) is 0 Å². The average molecular weight is 444 g/mol. The molecule has 0 unspecified atom stereocenters. The first kappa shape index (κ1) is 15.9. The molecular weight excluding hydrogens is 434 g/mol. The lowest BCUT2D eigenvalue weighted by Gasteiger charge is -2.11. The first-order valence-electron chi connectivity index (χ1n) is 6.42. The highest BCUT2D eigenvalue weighted by atomic mass is 127. The summed E-state index contributed by atoms with van der Waals surface area (Å²) in [5.41, 5.74) is 0.199. The number of fused-ring (bicyclic) bond motifs is 1. The minimum absolute atomic E-state index is 0.0100. The second-order valence-corrected chi connectivity index (χ2v) is 7.65. The molecule has 3 aromatic rings. The normalized spacial score (nSPS) is 11.6. The molecular formula is C15H10FIN2O3S. The third-order valence-electron chi connectivity index (χ3n) is 3.11. The molecule has 23 heavy (non-hydrogen) atoms. The molecule has 2 N–H and O–H groups in total. The van der Waals surface area contributed by atoms with Gasteiger partial charge < -0.3 is 5.11 Å². The van der Waals surface area contributed by atoms with Gasteiger partial charge in [0.25, 0.3) is 10.0 Å². The molecule has 0 aliphatic heterocycles. The van der Waals surface area contributed by atoms with E-state index in [0.29, 0.717) is 3.57 Å². The lowest BCUT2D eigenvalue weighted by Crippen LogP contribution is -2.13. The summed E-state index contributed by atoms with van der Waals surface area (Å²) in [4.78, 5) is 3.88. The molecule has 0 saturated carbocycles. The second kappa shape index (κ2) is 5.93. The van der Waals surface area contributed by atoms with E-state index in [-0.39, 0.29) is 27.2 Å². The van der Waals surface area contributed by atoms with Crippen molar-refractivity contribution in [2.75, 3.05) is 4.72 Å². The van der Waals surface area contributed by atoms with Crippen LogP contribution >= 0.6 is 22.6 Å². The Morgan fingerprint density at radius 3 is 2.70 bits per heavy atom. The summed E-state index contributed by atoms with van der Waals surface area (Å²) in [6.07, 6.45) is 1.46. The Hall–Kier alpha value is -1.94. The first-order valence-corrected chi connectivity index (χ1v) is 8.98. The highest BCUT2D eigenvalue weighted by molar-refractivity contribution is 14.1. The Morgan fingerprint density at radius 1 is 1.17 bits per heavy atom. The number of hydrogen-bond acceptors (Lipinski definition) is 4. The third-order valence-corrected chi connectivity index (χ3v) is 5.14. The van der Waals surface area contributed by atoms with Crippen molar-refractivity contribution in [3.8, 4) is 5.75 Å². The molecule has 5 nitrogen and oxygen atoms in total. The van der Waals surface area contributed by atoms with Gasteiger partial charge in [-0.3, -0.25) is 9.71 Å². The Labute approximate surface area is 145 Å². The molecule has 2 aromatic carbocycles. The molecule has 1 aromatic heterocycles. The summed E-state index contributed by atoms with van der Waals surface area (Å²) >= 11 is 1.98. The molecule has 8 heteroatoms. The maximum atomic E-state index is 13.9. The van der Waals surface area contributed by atoms with E-state index in [1.54, 1.807) is 6.07 Å². The number of phenols is 1. The van der Waals surface area contributed by atoms with Crippen molar-refractivity contribution in [3.05, 3.63) is 58.0 Å². The van der Waals surface area contributed by atoms with Crippen LogP contribution < -0.4 is 4.72 Å². The predicted octanol–water partition coefficient (Wildman–Crippen LogP) is 3.48. The molecule has 0 bridgehead atoms. The summed E-state index contributed by atoms with van der Waals surface area (Å²) in [7, 11) is -3.96. The molecule has 0 atom stereocenters. The number of phenolic OH excluding ortho intramolecular Hbond substituents is 1. The van der Waals surface area contributed by atoms with Gasteiger partial charge in [0.1, 0.15) is 17.1 Å². The molecule has 0 saturated heterocycles. The average Bonchev–Trinajstić information content (AvgIpc) is 2.46. The standard InChI is InChI=1S/C15H10FIN2O3S/c16-13-4-5-14(12-6-9(17)8-18-15(12)13)23(21,22)19-10-2-1-3-11(20)7-10/h1-8,19-20H. The number of anilines is 1. The molecule has 118 valence electrons. The molecule has 3 rings (SSSR count). The van der Waals surface area contributed by atoms with Crippen molar-refractivity contribution < 1.29 is 17.9 Å². The van der Waals surface area contributed by atoms with Crippen molar-refractivity contribution in [2.24, 2.45) is 0 Å². The van der Waals surface area contributed by atoms with Gasteiger partial charge in [-0.25, -0.2) is 12.8 Å². The van der Waals surface area contributed by atoms with Gasteiger partial charge in [0.15, 0.2) is 0 Å². The quantitative estimate of drug-likeness (QED) is 0.607. The third kappa shape index (κ3) is 3.22. The van der Waals surface area contributed by atoms with Crippen LogP contribution in [-0.4, -0.2) is 18.5 Å². The van der Waals surface area contributed by atoms with Crippen molar-refractivity contribution >= 4 is 49.2 Å². The summed E-state index contributed by atoms with van der Waals surface area (Å²) in [6, 6.07) is 9.55. The number of aromatic hydroxyl groups is 1. The van der Waals surface area contributed by atoms with Gasteiger partial charge in [-0.15, -0.1) is 0 Å². The van der Waals surface area contributed by atoms with Crippen LogP contribution in [0.3, 0.4) is 0 Å². The molecule has 0 radical (unpaired) electrons. The Balaban J connectivity index is 2.15. The van der Waals surface area contributed by atoms with Gasteiger partial charge in [-0.05, 0) is 52.9 Å². The number of nitrogens with zero attached hydrogens (tertiary/aromatic N) is 1. The Bertz CT molecular complexity index is 1010. The fraction of sp³-hybridized carbons (Fsp3) is 0. The van der Waals surface area contributed by atoms with Crippen LogP contribution in [0.2, 0.25) is 0 Å². The minimum Gasteiger partial charge on any atom is -0.508 e. The highest BCUT2D eigenvalue weighted by Crippen LogP contribution is 2.27. The van der Waals surface area contributed by atoms with Gasteiger partial charge >= 0.3 is 0 Å². The van der Waals surface area contributed by atoms with Crippen LogP contribution in [0.15, 0.2) is 53.6 Å². The van der Waals surface area contributed by atoms with E-state index in [9.17, 15) is 17.9 Å². The topological polar surface area (TPSA) is 79.3 Å². The van der Waals surface area contributed by atoms with Gasteiger partial charge in [-0.1, -0.05) is 6.07 Å². The van der Waals surface area contributed by atoms with Crippen LogP contribution in [0.4, 0.5) is 10.1 Å². The minimum atomic E-state index is -3.96. The van der Waals surface area contributed by atoms with E-state index < -0.39 is 15.8 Å². The number of aromatic nitrogens is 1. The molecule has 0 fully saturated rings. The molecule has 0 amide bonds. The summed E-state index contributed by atoms with van der Waals surface area (Å²) in [5.74, 6) is -0.655. The van der Waals surface area contributed by atoms with Crippen molar-refractivity contribution in [3.63, 3.8) is 0 Å². The largest absolute Gasteiger partial charge is 0.508 e. The fourth-order valence-corrected chi connectivity index (χ4v) is 3.84. The summed E-state index contributed by atoms with van der Waals surface area (Å²) < 4.78 is 42.1. The van der Waals surface area contributed by atoms with Crippen molar-refractivity contribution in [1.29, 1.82) is 0 Å². The maximum Gasteiger partial charge on any atom is 0.262 e. The van der Waals surface area contributed by atoms with Crippen LogP contribution in [0.1, 0.15) is 0 Å². The van der Waals surface area contributed by atoms with Crippen LogP contribution in [0.5, 0.6) is 5.75 Å². The van der Waals surface area contributed by atoms with E-state index in [1.165, 1.54) is 36.5 Å². The highest BCUT2D eigenvalue weighted by Gasteiger charge is 2.20. The Morgan fingerprint density at radius 2 is 1.96 bits per heavy atom. The second-order valence-electron chi connectivity index (χ2n) is 4.75. The van der Waals surface area contributed by atoms with Gasteiger partial charge in [0.2, 0.25) is 0 Å². The number of benzene rings is 2. The van der Waals surface area contributed by atoms with E-state index >= 15 is 0 Å².